The van der Waals surface area contributed by atoms with Crippen LogP contribution in [0.2, 0.25) is 0 Å². The molecular formula is C20H28N2O3S2. The predicted octanol–water partition coefficient (Wildman–Crippen LogP) is 4.39. The Balaban J connectivity index is 2.17. The van der Waals surface area contributed by atoms with Crippen LogP contribution in [-0.2, 0) is 21.2 Å². The maximum Gasteiger partial charge on any atom is 0.243 e. The number of hydrogen-bond acceptors (Lipinski definition) is 5. The number of sulfonamides is 1. The van der Waals surface area contributed by atoms with Crippen molar-refractivity contribution in [2.24, 2.45) is 5.92 Å². The lowest BCUT2D eigenvalue weighted by atomic mass is 9.96. The molecule has 1 aromatic carbocycles. The Kier molecular flexibility index (Phi) is 7.70. The van der Waals surface area contributed by atoms with Gasteiger partial charge >= 0.3 is 0 Å². The molecule has 2 rings (SSSR count). The van der Waals surface area contributed by atoms with E-state index in [1.807, 2.05) is 33.1 Å². The van der Waals surface area contributed by atoms with E-state index in [1.165, 1.54) is 15.6 Å². The summed E-state index contributed by atoms with van der Waals surface area (Å²) in [4.78, 5) is 17.1. The van der Waals surface area contributed by atoms with Crippen LogP contribution in [0.15, 0.2) is 34.5 Å². The van der Waals surface area contributed by atoms with Crippen molar-refractivity contribution in [2.75, 3.05) is 13.1 Å². The van der Waals surface area contributed by atoms with E-state index in [0.29, 0.717) is 19.5 Å². The zero-order valence-electron chi connectivity index (χ0n) is 16.4. The fourth-order valence-electron chi connectivity index (χ4n) is 3.07. The number of carbonyl (C=O) groups is 1. The van der Waals surface area contributed by atoms with Crippen molar-refractivity contribution in [1.29, 1.82) is 0 Å². The Morgan fingerprint density at radius 1 is 1.07 bits per heavy atom. The second-order valence-corrected chi connectivity index (χ2v) is 9.28. The van der Waals surface area contributed by atoms with Gasteiger partial charge in [-0.1, -0.05) is 39.8 Å². The second-order valence-electron chi connectivity index (χ2n) is 6.40. The lowest BCUT2D eigenvalue weighted by Gasteiger charge is -2.18. The van der Waals surface area contributed by atoms with Crippen molar-refractivity contribution in [2.45, 2.75) is 51.9 Å². The summed E-state index contributed by atoms with van der Waals surface area (Å²) in [5.74, 6) is 0.337. The average Bonchev–Trinajstić information content (AvgIpc) is 3.12. The summed E-state index contributed by atoms with van der Waals surface area (Å²) < 4.78 is 26.6. The Labute approximate surface area is 166 Å². The van der Waals surface area contributed by atoms with Gasteiger partial charge in [0.15, 0.2) is 0 Å². The zero-order chi connectivity index (χ0) is 20.0. The third-order valence-electron chi connectivity index (χ3n) is 4.81. The van der Waals surface area contributed by atoms with E-state index in [0.717, 1.165) is 29.1 Å². The lowest BCUT2D eigenvalue weighted by Crippen LogP contribution is -2.30. The van der Waals surface area contributed by atoms with E-state index in [9.17, 15) is 13.2 Å². The summed E-state index contributed by atoms with van der Waals surface area (Å²) in [5.41, 5.74) is 1.63. The van der Waals surface area contributed by atoms with E-state index in [1.54, 1.807) is 24.3 Å². The minimum atomic E-state index is -3.46. The van der Waals surface area contributed by atoms with E-state index >= 15 is 0 Å². The molecule has 0 saturated heterocycles. The van der Waals surface area contributed by atoms with E-state index in [2.05, 4.69) is 4.98 Å². The van der Waals surface area contributed by atoms with Gasteiger partial charge in [0.25, 0.3) is 0 Å². The molecule has 0 fully saturated rings. The van der Waals surface area contributed by atoms with Crippen molar-refractivity contribution in [1.82, 2.24) is 9.29 Å². The molecule has 0 aliphatic heterocycles. The van der Waals surface area contributed by atoms with Crippen molar-refractivity contribution < 1.29 is 13.2 Å². The SMILES string of the molecule is CCC(CC)C(=O)Cc1nc(-c2ccc(S(=O)(=O)N(CC)CC)cc2)cs1. The van der Waals surface area contributed by atoms with E-state index < -0.39 is 10.0 Å². The third-order valence-corrected chi connectivity index (χ3v) is 7.72. The van der Waals surface area contributed by atoms with Crippen LogP contribution in [0.4, 0.5) is 0 Å². The molecule has 0 spiro atoms. The lowest BCUT2D eigenvalue weighted by molar-refractivity contribution is -0.122. The fourth-order valence-corrected chi connectivity index (χ4v) is 5.34. The summed E-state index contributed by atoms with van der Waals surface area (Å²) in [6.07, 6.45) is 2.08. The normalized spacial score (nSPS) is 12.1. The molecule has 7 heteroatoms. The predicted molar refractivity (Wildman–Crippen MR) is 110 cm³/mol. The topological polar surface area (TPSA) is 67.3 Å². The number of nitrogens with zero attached hydrogens (tertiary/aromatic N) is 2. The molecule has 0 radical (unpaired) electrons. The molecule has 1 heterocycles. The zero-order valence-corrected chi connectivity index (χ0v) is 18.1. The van der Waals surface area contributed by atoms with Crippen LogP contribution in [0.25, 0.3) is 11.3 Å². The summed E-state index contributed by atoms with van der Waals surface area (Å²) in [7, 11) is -3.46. The molecule has 0 N–H and O–H groups in total. The molecule has 0 aliphatic carbocycles. The summed E-state index contributed by atoms with van der Waals surface area (Å²) >= 11 is 1.47. The van der Waals surface area contributed by atoms with Gasteiger partial charge in [0.1, 0.15) is 10.8 Å². The molecule has 0 atom stereocenters. The molecule has 5 nitrogen and oxygen atoms in total. The van der Waals surface area contributed by atoms with Crippen molar-refractivity contribution in [3.63, 3.8) is 0 Å². The van der Waals surface area contributed by atoms with Gasteiger partial charge in [-0.25, -0.2) is 13.4 Å². The van der Waals surface area contributed by atoms with Crippen LogP contribution in [-0.4, -0.2) is 36.6 Å². The summed E-state index contributed by atoms with van der Waals surface area (Å²) in [6, 6.07) is 6.80. The first-order valence-corrected chi connectivity index (χ1v) is 11.8. The standard InChI is InChI=1S/C20H28N2O3S2/c1-5-15(6-2)19(23)13-20-21-18(14-26-20)16-9-11-17(12-10-16)27(24,25)22(7-3)8-4/h9-12,14-15H,5-8,13H2,1-4H3. The number of thiazole rings is 1. The first kappa shape index (κ1) is 21.7. The number of ketones is 1. The highest BCUT2D eigenvalue weighted by molar-refractivity contribution is 7.89. The van der Waals surface area contributed by atoms with Crippen molar-refractivity contribution in [3.05, 3.63) is 34.7 Å². The molecule has 0 saturated carbocycles. The third kappa shape index (κ3) is 5.03. The second kappa shape index (κ2) is 9.57. The summed E-state index contributed by atoms with van der Waals surface area (Å²) in [6.45, 7) is 8.62. The molecular weight excluding hydrogens is 380 g/mol. The van der Waals surface area contributed by atoms with Crippen molar-refractivity contribution >= 4 is 27.1 Å². The average molecular weight is 409 g/mol. The van der Waals surface area contributed by atoms with Crippen LogP contribution in [0.5, 0.6) is 0 Å². The monoisotopic (exact) mass is 408 g/mol. The molecule has 2 aromatic rings. The van der Waals surface area contributed by atoms with E-state index in [4.69, 9.17) is 0 Å². The maximum atomic E-state index is 12.6. The Hall–Kier alpha value is -1.57. The molecule has 148 valence electrons. The van der Waals surface area contributed by atoms with Crippen LogP contribution >= 0.6 is 11.3 Å². The molecule has 1 aromatic heterocycles. The maximum absolute atomic E-state index is 12.6. The smallest absolute Gasteiger partial charge is 0.243 e. The van der Waals surface area contributed by atoms with Gasteiger partial charge in [-0.2, -0.15) is 4.31 Å². The number of hydrogen-bond donors (Lipinski definition) is 0. The minimum Gasteiger partial charge on any atom is -0.299 e. The molecule has 0 aliphatic rings. The fraction of sp³-hybridized carbons (Fsp3) is 0.500. The van der Waals surface area contributed by atoms with Crippen LogP contribution < -0.4 is 0 Å². The van der Waals surface area contributed by atoms with Gasteiger partial charge < -0.3 is 0 Å². The van der Waals surface area contributed by atoms with Gasteiger partial charge in [0.05, 0.1) is 17.0 Å². The Bertz CT molecular complexity index is 850. The number of benzene rings is 1. The Morgan fingerprint density at radius 2 is 1.67 bits per heavy atom. The highest BCUT2D eigenvalue weighted by Crippen LogP contribution is 2.25. The molecule has 27 heavy (non-hydrogen) atoms. The quantitative estimate of drug-likeness (QED) is 0.585. The van der Waals surface area contributed by atoms with Gasteiger partial charge in [-0.15, -0.1) is 11.3 Å². The highest BCUT2D eigenvalue weighted by Gasteiger charge is 2.21. The van der Waals surface area contributed by atoms with Gasteiger partial charge in [-0.05, 0) is 25.0 Å². The summed E-state index contributed by atoms with van der Waals surface area (Å²) in [5, 5.41) is 2.73. The number of Topliss-reactive ketones (excluding diaryl/α,β-unsaturated/α-hetero) is 1. The Morgan fingerprint density at radius 3 is 2.19 bits per heavy atom. The van der Waals surface area contributed by atoms with Gasteiger partial charge in [-0.3, -0.25) is 4.79 Å². The number of aromatic nitrogens is 1. The highest BCUT2D eigenvalue weighted by atomic mass is 32.2. The first-order valence-electron chi connectivity index (χ1n) is 9.44. The van der Waals surface area contributed by atoms with E-state index in [-0.39, 0.29) is 16.6 Å². The molecule has 0 bridgehead atoms. The van der Waals surface area contributed by atoms with Gasteiger partial charge in [0, 0.05) is 30.0 Å². The first-order chi connectivity index (χ1) is 12.9. The minimum absolute atomic E-state index is 0.0990. The number of carbonyl (C=O) groups excluding carboxylic acids is 1. The number of rotatable bonds is 10. The van der Waals surface area contributed by atoms with Crippen LogP contribution in [0.1, 0.15) is 45.5 Å². The largest absolute Gasteiger partial charge is 0.299 e. The van der Waals surface area contributed by atoms with Gasteiger partial charge in [0.2, 0.25) is 10.0 Å². The van der Waals surface area contributed by atoms with Crippen molar-refractivity contribution in [3.8, 4) is 11.3 Å². The molecule has 0 unspecified atom stereocenters. The van der Waals surface area contributed by atoms with Crippen LogP contribution in [0, 0.1) is 5.92 Å². The molecule has 0 amide bonds. The van der Waals surface area contributed by atoms with Crippen LogP contribution in [0.3, 0.4) is 0 Å².